The molecule has 26 heavy (non-hydrogen) atoms. The van der Waals surface area contributed by atoms with Gasteiger partial charge in [-0.15, -0.1) is 0 Å². The van der Waals surface area contributed by atoms with E-state index < -0.39 is 0 Å². The molecule has 0 bridgehead atoms. The van der Waals surface area contributed by atoms with E-state index in [4.69, 9.17) is 0 Å². The van der Waals surface area contributed by atoms with Crippen molar-refractivity contribution in [2.45, 2.75) is 33.1 Å². The number of allylic oxidation sites excluding steroid dienone is 4. The fourth-order valence-corrected chi connectivity index (χ4v) is 2.40. The monoisotopic (exact) mass is 351 g/mol. The lowest BCUT2D eigenvalue weighted by Gasteiger charge is -2.13. The molecule has 1 saturated carbocycles. The normalized spacial score (nSPS) is 15.7. The van der Waals surface area contributed by atoms with Crippen molar-refractivity contribution in [2.24, 2.45) is 11.8 Å². The lowest BCUT2D eigenvalue weighted by Crippen LogP contribution is -2.29. The van der Waals surface area contributed by atoms with Crippen molar-refractivity contribution in [3.63, 3.8) is 0 Å². The van der Waals surface area contributed by atoms with Crippen molar-refractivity contribution in [2.75, 3.05) is 6.54 Å². The van der Waals surface area contributed by atoms with Gasteiger partial charge < -0.3 is 5.32 Å². The smallest absolute Gasteiger partial charge is 0.247 e. The zero-order valence-corrected chi connectivity index (χ0v) is 15.5. The molecule has 1 aromatic rings. The summed E-state index contributed by atoms with van der Waals surface area (Å²) in [5, 5.41) is 3.03. The van der Waals surface area contributed by atoms with Gasteiger partial charge in [-0.2, -0.15) is 0 Å². The Bertz CT molecular complexity index is 775. The predicted octanol–water partition coefficient (Wildman–Crippen LogP) is 4.79. The first-order valence-corrected chi connectivity index (χ1v) is 9.13. The van der Waals surface area contributed by atoms with E-state index in [-0.39, 0.29) is 17.6 Å². The minimum Gasteiger partial charge on any atom is -0.352 e. The summed E-state index contributed by atoms with van der Waals surface area (Å²) < 4.78 is 13.2. The first-order valence-electron chi connectivity index (χ1n) is 9.13. The fraction of sp³-hybridized carbons (Fsp3) is 0.348. The number of nitrogens with one attached hydrogen (secondary N) is 1. The number of rotatable bonds is 7. The fourth-order valence-electron chi connectivity index (χ4n) is 2.40. The summed E-state index contributed by atoms with van der Waals surface area (Å²) in [7, 11) is 0. The molecule has 0 aromatic heterocycles. The van der Waals surface area contributed by atoms with Crippen LogP contribution in [0.25, 0.3) is 0 Å². The van der Waals surface area contributed by atoms with Gasteiger partial charge in [0.25, 0.3) is 0 Å². The maximum atomic E-state index is 13.2. The molecule has 1 aliphatic rings. The van der Waals surface area contributed by atoms with Gasteiger partial charge in [0, 0.05) is 23.3 Å². The number of carbonyl (C=O) groups is 1. The van der Waals surface area contributed by atoms with E-state index in [9.17, 15) is 9.18 Å². The average Bonchev–Trinajstić information content (AvgIpc) is 3.46. The Morgan fingerprint density at radius 3 is 2.81 bits per heavy atom. The summed E-state index contributed by atoms with van der Waals surface area (Å²) in [5.41, 5.74) is 2.04. The van der Waals surface area contributed by atoms with E-state index in [1.165, 1.54) is 25.0 Å². The Morgan fingerprint density at radius 2 is 2.19 bits per heavy atom. The van der Waals surface area contributed by atoms with Gasteiger partial charge in [-0.1, -0.05) is 50.5 Å². The molecule has 2 nitrogen and oxygen atoms in total. The van der Waals surface area contributed by atoms with Crippen LogP contribution in [0.3, 0.4) is 0 Å². The lowest BCUT2D eigenvalue weighted by molar-refractivity contribution is -0.118. The molecule has 1 aliphatic carbocycles. The number of halogens is 1. The van der Waals surface area contributed by atoms with Gasteiger partial charge in [-0.25, -0.2) is 4.39 Å². The molecule has 1 aromatic carbocycles. The molecule has 1 unspecified atom stereocenters. The molecule has 0 saturated heterocycles. The van der Waals surface area contributed by atoms with Gasteiger partial charge >= 0.3 is 0 Å². The Labute approximate surface area is 155 Å². The Kier molecular flexibility index (Phi) is 7.41. The molecular formula is C23H26FNO. The van der Waals surface area contributed by atoms with E-state index in [1.54, 1.807) is 24.3 Å². The van der Waals surface area contributed by atoms with Crippen LogP contribution in [0.5, 0.6) is 0 Å². The van der Waals surface area contributed by atoms with Gasteiger partial charge in [0.2, 0.25) is 5.91 Å². The van der Waals surface area contributed by atoms with Gasteiger partial charge in [0.05, 0.1) is 0 Å². The zero-order valence-electron chi connectivity index (χ0n) is 15.5. The van der Waals surface area contributed by atoms with Crippen LogP contribution >= 0.6 is 0 Å². The largest absolute Gasteiger partial charge is 0.352 e. The van der Waals surface area contributed by atoms with Crippen molar-refractivity contribution in [1.82, 2.24) is 5.32 Å². The van der Waals surface area contributed by atoms with Crippen LogP contribution in [0.1, 0.15) is 38.7 Å². The van der Waals surface area contributed by atoms with Crippen LogP contribution in [0.4, 0.5) is 4.39 Å². The van der Waals surface area contributed by atoms with E-state index >= 15 is 0 Å². The van der Waals surface area contributed by atoms with Gasteiger partial charge in [-0.05, 0) is 55.4 Å². The van der Waals surface area contributed by atoms with Crippen LogP contribution in [0.2, 0.25) is 0 Å². The highest BCUT2D eigenvalue weighted by Gasteiger charge is 2.23. The number of amides is 1. The standard InChI is InChI=1S/C23H26FNO/c1-4-17(3)22(23(26)25-16-20-11-12-20)14-13-18(5-2)9-10-19-7-6-8-21(24)15-19/h5-8,13-15,17,20H,2,4,11-12,16H2,1,3H3,(H,25,26). The van der Waals surface area contributed by atoms with Crippen molar-refractivity contribution in [1.29, 1.82) is 0 Å². The number of carbonyl (C=O) groups excluding carboxylic acids is 1. The maximum absolute atomic E-state index is 13.2. The van der Waals surface area contributed by atoms with Crippen molar-refractivity contribution < 1.29 is 9.18 Å². The SMILES string of the molecule is C=CC(C#Cc1cccc(F)c1)=CC=C(C(=O)NCC1CC1)C(C)CC. The Hall–Kier alpha value is -2.60. The lowest BCUT2D eigenvalue weighted by atomic mass is 9.96. The molecule has 1 amide bonds. The van der Waals surface area contributed by atoms with Crippen molar-refractivity contribution in [3.8, 4) is 11.8 Å². The molecule has 1 atom stereocenters. The predicted molar refractivity (Wildman–Crippen MR) is 105 cm³/mol. The summed E-state index contributed by atoms with van der Waals surface area (Å²) in [6.45, 7) is 8.63. The molecule has 2 rings (SSSR count). The second-order valence-electron chi connectivity index (χ2n) is 6.67. The zero-order chi connectivity index (χ0) is 18.9. The minimum absolute atomic E-state index is 0.0102. The van der Waals surface area contributed by atoms with Crippen molar-refractivity contribution in [3.05, 3.63) is 71.6 Å². The highest BCUT2D eigenvalue weighted by molar-refractivity contribution is 5.94. The molecule has 0 heterocycles. The molecule has 3 heteroatoms. The van der Waals surface area contributed by atoms with Gasteiger partial charge in [0.1, 0.15) is 5.82 Å². The van der Waals surface area contributed by atoms with Gasteiger partial charge in [-0.3, -0.25) is 4.79 Å². The maximum Gasteiger partial charge on any atom is 0.247 e. The van der Waals surface area contributed by atoms with Crippen LogP contribution in [0.15, 0.2) is 60.2 Å². The van der Waals surface area contributed by atoms with Crippen LogP contribution in [-0.2, 0) is 4.79 Å². The third-order valence-electron chi connectivity index (χ3n) is 4.49. The first kappa shape index (κ1) is 19.7. The molecule has 1 fully saturated rings. The quantitative estimate of drug-likeness (QED) is 0.427. The number of hydrogen-bond donors (Lipinski definition) is 1. The Morgan fingerprint density at radius 1 is 1.42 bits per heavy atom. The topological polar surface area (TPSA) is 29.1 Å². The van der Waals surface area contributed by atoms with E-state index in [1.807, 2.05) is 13.0 Å². The molecule has 0 spiro atoms. The van der Waals surface area contributed by atoms with E-state index in [0.29, 0.717) is 17.1 Å². The summed E-state index contributed by atoms with van der Waals surface area (Å²) in [6, 6.07) is 6.15. The highest BCUT2D eigenvalue weighted by Crippen LogP contribution is 2.27. The summed E-state index contributed by atoms with van der Waals surface area (Å²) in [6.07, 6.45) is 8.57. The first-order chi connectivity index (χ1) is 12.5. The molecule has 1 N–H and O–H groups in total. The second kappa shape index (κ2) is 9.77. The average molecular weight is 351 g/mol. The minimum atomic E-state index is -0.313. The van der Waals surface area contributed by atoms with Crippen LogP contribution in [0, 0.1) is 29.5 Å². The highest BCUT2D eigenvalue weighted by atomic mass is 19.1. The van der Waals surface area contributed by atoms with Crippen LogP contribution < -0.4 is 5.32 Å². The Balaban J connectivity index is 2.16. The second-order valence-corrected chi connectivity index (χ2v) is 6.67. The van der Waals surface area contributed by atoms with E-state index in [2.05, 4.69) is 30.7 Å². The molecule has 136 valence electrons. The molecule has 0 radical (unpaired) electrons. The summed E-state index contributed by atoms with van der Waals surface area (Å²) in [5.74, 6) is 6.38. The third-order valence-corrected chi connectivity index (χ3v) is 4.49. The number of hydrogen-bond acceptors (Lipinski definition) is 1. The van der Waals surface area contributed by atoms with E-state index in [0.717, 1.165) is 18.5 Å². The number of benzene rings is 1. The molecular weight excluding hydrogens is 325 g/mol. The van der Waals surface area contributed by atoms with Gasteiger partial charge in [0.15, 0.2) is 0 Å². The third kappa shape index (κ3) is 6.37. The van der Waals surface area contributed by atoms with Crippen LogP contribution in [-0.4, -0.2) is 12.5 Å². The summed E-state index contributed by atoms with van der Waals surface area (Å²) in [4.78, 5) is 12.5. The molecule has 0 aliphatic heterocycles. The van der Waals surface area contributed by atoms with Crippen molar-refractivity contribution >= 4 is 5.91 Å². The summed E-state index contributed by atoms with van der Waals surface area (Å²) >= 11 is 0.